The monoisotopic (exact) mass is 459 g/mol. The third-order valence-electron chi connectivity index (χ3n) is 7.52. The number of carbonyl (C=O) groups excluding carboxylic acids is 1. The number of rotatable bonds is 5. The molecular formula is C29H37N3O2. The summed E-state index contributed by atoms with van der Waals surface area (Å²) in [7, 11) is 2.08. The standard InChI is InChI=1S/C29H37N3O2/c1-21(2)23-9-11-24(12-10-23)29(34,28(5)19-31(6)20-28)25-16-22(17-30-18-25)13-14-27(3,4)32-15-7-8-26(32)33/h9-12,16-18,21,34H,7-8,15,19-20H2,1-6H3. The van der Waals surface area contributed by atoms with Gasteiger partial charge in [0.05, 0.1) is 5.54 Å². The summed E-state index contributed by atoms with van der Waals surface area (Å²) in [6, 6.07) is 10.3. The van der Waals surface area contributed by atoms with E-state index in [9.17, 15) is 9.90 Å². The molecule has 5 heteroatoms. The van der Waals surface area contributed by atoms with Crippen molar-refractivity contribution in [2.45, 2.75) is 64.5 Å². The number of amides is 1. The summed E-state index contributed by atoms with van der Waals surface area (Å²) in [6.07, 6.45) is 4.98. The number of likely N-dealkylation sites (tertiary alicyclic amines) is 2. The zero-order valence-electron chi connectivity index (χ0n) is 21.4. The largest absolute Gasteiger partial charge is 0.380 e. The summed E-state index contributed by atoms with van der Waals surface area (Å²) in [5.41, 5.74) is 1.53. The minimum absolute atomic E-state index is 0.160. The number of aromatic nitrogens is 1. The number of hydrogen-bond donors (Lipinski definition) is 1. The molecule has 2 saturated heterocycles. The highest BCUT2D eigenvalue weighted by Gasteiger charge is 2.55. The van der Waals surface area contributed by atoms with Gasteiger partial charge >= 0.3 is 0 Å². The molecule has 1 unspecified atom stereocenters. The molecule has 2 aliphatic rings. The molecule has 4 rings (SSSR count). The lowest BCUT2D eigenvalue weighted by atomic mass is 9.62. The summed E-state index contributed by atoms with van der Waals surface area (Å²) >= 11 is 0. The van der Waals surface area contributed by atoms with Crippen LogP contribution in [0.3, 0.4) is 0 Å². The van der Waals surface area contributed by atoms with Gasteiger partial charge in [-0.2, -0.15) is 0 Å². The van der Waals surface area contributed by atoms with Gasteiger partial charge in [-0.25, -0.2) is 0 Å². The van der Waals surface area contributed by atoms with E-state index in [1.807, 2.05) is 24.8 Å². The van der Waals surface area contributed by atoms with Gasteiger partial charge in [0.25, 0.3) is 0 Å². The fraction of sp³-hybridized carbons (Fsp3) is 0.517. The topological polar surface area (TPSA) is 56.7 Å². The van der Waals surface area contributed by atoms with Crippen LogP contribution >= 0.6 is 0 Å². The van der Waals surface area contributed by atoms with Gasteiger partial charge in [0.1, 0.15) is 5.60 Å². The van der Waals surface area contributed by atoms with Crippen LogP contribution in [0.4, 0.5) is 0 Å². The van der Waals surface area contributed by atoms with E-state index in [-0.39, 0.29) is 11.3 Å². The average molecular weight is 460 g/mol. The van der Waals surface area contributed by atoms with Crippen molar-refractivity contribution in [3.8, 4) is 11.8 Å². The van der Waals surface area contributed by atoms with Crippen molar-refractivity contribution in [2.24, 2.45) is 5.41 Å². The van der Waals surface area contributed by atoms with Crippen LogP contribution in [0.25, 0.3) is 0 Å². The van der Waals surface area contributed by atoms with E-state index in [2.05, 4.69) is 73.8 Å². The number of carbonyl (C=O) groups is 1. The Morgan fingerprint density at radius 1 is 1.12 bits per heavy atom. The zero-order chi connectivity index (χ0) is 24.7. The zero-order valence-corrected chi connectivity index (χ0v) is 21.4. The van der Waals surface area contributed by atoms with E-state index in [4.69, 9.17) is 0 Å². The van der Waals surface area contributed by atoms with Gasteiger partial charge in [0.2, 0.25) is 5.91 Å². The van der Waals surface area contributed by atoms with Gasteiger partial charge in [-0.3, -0.25) is 9.78 Å². The predicted octanol–water partition coefficient (Wildman–Crippen LogP) is 4.15. The molecule has 1 aromatic carbocycles. The highest BCUT2D eigenvalue weighted by Crippen LogP contribution is 2.50. The lowest BCUT2D eigenvalue weighted by molar-refractivity contribution is -0.130. The summed E-state index contributed by atoms with van der Waals surface area (Å²) in [5, 5.41) is 12.4. The van der Waals surface area contributed by atoms with Crippen molar-refractivity contribution < 1.29 is 9.90 Å². The lowest BCUT2D eigenvalue weighted by Crippen LogP contribution is -2.63. The molecule has 3 heterocycles. The fourth-order valence-corrected chi connectivity index (χ4v) is 5.58. The number of aliphatic hydroxyl groups is 1. The van der Waals surface area contributed by atoms with Crippen LogP contribution in [0.15, 0.2) is 42.7 Å². The first-order valence-electron chi connectivity index (χ1n) is 12.3. The SMILES string of the molecule is CC(C)c1ccc(C(O)(c2cncc(C#CC(C)(C)N3CCCC3=O)c2)C2(C)CN(C)C2)cc1. The first-order chi connectivity index (χ1) is 16.0. The Morgan fingerprint density at radius 2 is 1.79 bits per heavy atom. The smallest absolute Gasteiger partial charge is 0.223 e. The van der Waals surface area contributed by atoms with Crippen molar-refractivity contribution in [1.29, 1.82) is 0 Å². The van der Waals surface area contributed by atoms with Crippen LogP contribution in [-0.2, 0) is 10.4 Å². The molecule has 1 N–H and O–H groups in total. The average Bonchev–Trinajstić information content (AvgIpc) is 3.23. The van der Waals surface area contributed by atoms with E-state index < -0.39 is 11.1 Å². The summed E-state index contributed by atoms with van der Waals surface area (Å²) in [5.74, 6) is 7.11. The highest BCUT2D eigenvalue weighted by molar-refractivity contribution is 5.79. The van der Waals surface area contributed by atoms with E-state index >= 15 is 0 Å². The van der Waals surface area contributed by atoms with Crippen LogP contribution in [0.1, 0.15) is 75.6 Å². The molecule has 0 aliphatic carbocycles. The van der Waals surface area contributed by atoms with Crippen LogP contribution in [-0.4, -0.2) is 58.0 Å². The van der Waals surface area contributed by atoms with Crippen molar-refractivity contribution in [1.82, 2.24) is 14.8 Å². The third-order valence-corrected chi connectivity index (χ3v) is 7.52. The predicted molar refractivity (Wildman–Crippen MR) is 135 cm³/mol. The second-order valence-electron chi connectivity index (χ2n) is 11.1. The second kappa shape index (κ2) is 8.83. The molecule has 1 aromatic heterocycles. The van der Waals surface area contributed by atoms with E-state index in [1.165, 1.54) is 5.56 Å². The molecule has 2 aliphatic heterocycles. The Balaban J connectivity index is 1.73. The number of benzene rings is 1. The Kier molecular flexibility index (Phi) is 6.35. The van der Waals surface area contributed by atoms with E-state index in [0.717, 1.165) is 42.7 Å². The van der Waals surface area contributed by atoms with Crippen LogP contribution < -0.4 is 0 Å². The Bertz CT molecular complexity index is 1120. The molecular weight excluding hydrogens is 422 g/mol. The van der Waals surface area contributed by atoms with Crippen molar-refractivity contribution in [2.75, 3.05) is 26.7 Å². The molecule has 2 fully saturated rings. The molecule has 34 heavy (non-hydrogen) atoms. The molecule has 0 spiro atoms. The minimum Gasteiger partial charge on any atom is -0.380 e. The fourth-order valence-electron chi connectivity index (χ4n) is 5.58. The van der Waals surface area contributed by atoms with Gasteiger partial charge in [-0.15, -0.1) is 0 Å². The molecule has 0 radical (unpaired) electrons. The molecule has 180 valence electrons. The minimum atomic E-state index is -1.19. The third kappa shape index (κ3) is 4.26. The maximum absolute atomic E-state index is 12.4. The summed E-state index contributed by atoms with van der Waals surface area (Å²) in [4.78, 5) is 20.8. The van der Waals surface area contributed by atoms with Crippen LogP contribution in [0.5, 0.6) is 0 Å². The molecule has 2 aromatic rings. The van der Waals surface area contributed by atoms with Gasteiger partial charge in [0, 0.05) is 55.0 Å². The Morgan fingerprint density at radius 3 is 2.35 bits per heavy atom. The van der Waals surface area contributed by atoms with Gasteiger partial charge in [0.15, 0.2) is 0 Å². The molecule has 1 amide bonds. The van der Waals surface area contributed by atoms with Crippen molar-refractivity contribution in [3.63, 3.8) is 0 Å². The Labute approximate surface area is 204 Å². The number of nitrogens with zero attached hydrogens (tertiary/aromatic N) is 3. The second-order valence-corrected chi connectivity index (χ2v) is 11.1. The maximum atomic E-state index is 12.4. The first-order valence-corrected chi connectivity index (χ1v) is 12.3. The first kappa shape index (κ1) is 24.4. The van der Waals surface area contributed by atoms with Gasteiger partial charge in [-0.1, -0.05) is 56.9 Å². The van der Waals surface area contributed by atoms with E-state index in [0.29, 0.717) is 12.3 Å². The lowest BCUT2D eigenvalue weighted by Gasteiger charge is -2.55. The van der Waals surface area contributed by atoms with Crippen molar-refractivity contribution >= 4 is 5.91 Å². The normalized spacial score (nSPS) is 20.0. The molecule has 0 bridgehead atoms. The van der Waals surface area contributed by atoms with Crippen LogP contribution in [0, 0.1) is 17.3 Å². The van der Waals surface area contributed by atoms with Gasteiger partial charge < -0.3 is 14.9 Å². The quantitative estimate of drug-likeness (QED) is 0.683. The maximum Gasteiger partial charge on any atom is 0.223 e. The highest BCUT2D eigenvalue weighted by atomic mass is 16.3. The van der Waals surface area contributed by atoms with Gasteiger partial charge in [-0.05, 0) is 50.4 Å². The summed E-state index contributed by atoms with van der Waals surface area (Å²) < 4.78 is 0. The summed E-state index contributed by atoms with van der Waals surface area (Å²) in [6.45, 7) is 12.8. The van der Waals surface area contributed by atoms with E-state index in [1.54, 1.807) is 12.4 Å². The molecule has 0 saturated carbocycles. The van der Waals surface area contributed by atoms with Crippen LogP contribution in [0.2, 0.25) is 0 Å². The number of pyridine rings is 1. The Hall–Kier alpha value is -2.68. The van der Waals surface area contributed by atoms with Crippen molar-refractivity contribution in [3.05, 3.63) is 65.0 Å². The molecule has 5 nitrogen and oxygen atoms in total. The molecule has 1 atom stereocenters. The number of hydrogen-bond acceptors (Lipinski definition) is 4.